The van der Waals surface area contributed by atoms with Crippen molar-refractivity contribution in [1.29, 1.82) is 0 Å². The van der Waals surface area contributed by atoms with E-state index in [-0.39, 0.29) is 5.91 Å². The molecular weight excluding hydrogens is 336 g/mol. The van der Waals surface area contributed by atoms with Gasteiger partial charge < -0.3 is 11.1 Å². The summed E-state index contributed by atoms with van der Waals surface area (Å²) in [6.07, 6.45) is 0. The van der Waals surface area contributed by atoms with E-state index in [1.54, 1.807) is 6.07 Å². The van der Waals surface area contributed by atoms with E-state index in [0.29, 0.717) is 12.1 Å². The minimum absolute atomic E-state index is 0.115. The summed E-state index contributed by atoms with van der Waals surface area (Å²) in [4.78, 5) is 12.1. The lowest BCUT2D eigenvalue weighted by molar-refractivity contribution is 0.102. The summed E-state index contributed by atoms with van der Waals surface area (Å²) in [5.74, 6) is 5.66. The molecule has 1 heterocycles. The monoisotopic (exact) mass is 348 g/mol. The number of nitrogens with two attached hydrogens (primary N) is 1. The molecule has 2 aromatic rings. The normalized spacial score (nSPS) is 9.75. The van der Waals surface area contributed by atoms with E-state index in [1.807, 2.05) is 30.5 Å². The van der Waals surface area contributed by atoms with Crippen molar-refractivity contribution < 1.29 is 4.79 Å². The minimum Gasteiger partial charge on any atom is -0.322 e. The molecule has 0 aliphatic rings. The molecule has 1 aromatic carbocycles. The molecule has 5 heteroatoms. The number of anilines is 1. The van der Waals surface area contributed by atoms with Crippen molar-refractivity contribution in [3.8, 4) is 11.8 Å². The van der Waals surface area contributed by atoms with Crippen LogP contribution in [0.2, 0.25) is 0 Å². The molecule has 20 heavy (non-hydrogen) atoms. The second-order valence-electron chi connectivity index (χ2n) is 4.13. The lowest BCUT2D eigenvalue weighted by Crippen LogP contribution is -2.11. The van der Waals surface area contributed by atoms with E-state index >= 15 is 0 Å². The number of halogens is 1. The van der Waals surface area contributed by atoms with Crippen LogP contribution >= 0.6 is 27.3 Å². The van der Waals surface area contributed by atoms with E-state index in [9.17, 15) is 4.79 Å². The van der Waals surface area contributed by atoms with Gasteiger partial charge in [-0.25, -0.2) is 0 Å². The molecule has 0 spiro atoms. The number of hydrogen-bond acceptors (Lipinski definition) is 3. The summed E-state index contributed by atoms with van der Waals surface area (Å²) in [7, 11) is 0. The molecule has 1 amide bonds. The van der Waals surface area contributed by atoms with Crippen molar-refractivity contribution in [3.05, 3.63) is 50.1 Å². The van der Waals surface area contributed by atoms with Crippen molar-refractivity contribution >= 4 is 38.9 Å². The second-order valence-corrected chi connectivity index (χ2v) is 6.42. The average Bonchev–Trinajstić information content (AvgIpc) is 2.86. The maximum Gasteiger partial charge on any atom is 0.256 e. The van der Waals surface area contributed by atoms with Gasteiger partial charge in [0.15, 0.2) is 0 Å². The van der Waals surface area contributed by atoms with E-state index < -0.39 is 0 Å². The van der Waals surface area contributed by atoms with Crippen LogP contribution in [0.3, 0.4) is 0 Å². The van der Waals surface area contributed by atoms with E-state index in [4.69, 9.17) is 5.73 Å². The number of hydrogen-bond donors (Lipinski definition) is 2. The van der Waals surface area contributed by atoms with Crippen LogP contribution in [0.1, 0.15) is 21.5 Å². The van der Waals surface area contributed by atoms with E-state index in [2.05, 4.69) is 33.1 Å². The summed E-state index contributed by atoms with van der Waals surface area (Å²) >= 11 is 4.83. The van der Waals surface area contributed by atoms with Crippen LogP contribution in [0.25, 0.3) is 0 Å². The Kier molecular flexibility index (Phi) is 4.96. The molecular formula is C15H13BrN2OS. The van der Waals surface area contributed by atoms with Crippen LogP contribution in [0.4, 0.5) is 5.69 Å². The topological polar surface area (TPSA) is 55.1 Å². The predicted octanol–water partition coefficient (Wildman–Crippen LogP) is 3.38. The number of rotatable bonds is 2. The fraction of sp³-hybridized carbons (Fsp3) is 0.133. The van der Waals surface area contributed by atoms with Crippen LogP contribution in [-0.4, -0.2) is 12.5 Å². The molecule has 2 rings (SSSR count). The Morgan fingerprint density at radius 1 is 1.45 bits per heavy atom. The highest BCUT2D eigenvalue weighted by Gasteiger charge is 2.09. The summed E-state index contributed by atoms with van der Waals surface area (Å²) in [6, 6.07) is 7.46. The molecule has 0 atom stereocenters. The lowest BCUT2D eigenvalue weighted by Gasteiger charge is -2.07. The summed E-state index contributed by atoms with van der Waals surface area (Å²) in [5.41, 5.74) is 8.64. The standard InChI is InChI=1S/C15H13BrN2OS/c1-10-7-11(3-2-6-17)4-5-13(10)18-15(19)12-8-14(16)20-9-12/h4-5,7-9H,6,17H2,1H3,(H,18,19). The first-order valence-corrected chi connectivity index (χ1v) is 7.62. The third-order valence-corrected chi connectivity index (χ3v) is 4.14. The van der Waals surface area contributed by atoms with Crippen molar-refractivity contribution in [2.45, 2.75) is 6.92 Å². The lowest BCUT2D eigenvalue weighted by atomic mass is 10.1. The van der Waals surface area contributed by atoms with Crippen LogP contribution in [0.5, 0.6) is 0 Å². The fourth-order valence-electron chi connectivity index (χ4n) is 1.66. The molecule has 0 radical (unpaired) electrons. The van der Waals surface area contributed by atoms with Gasteiger partial charge in [0.25, 0.3) is 5.91 Å². The number of carbonyl (C=O) groups excluding carboxylic acids is 1. The van der Waals surface area contributed by atoms with Crippen LogP contribution in [-0.2, 0) is 0 Å². The van der Waals surface area contributed by atoms with Gasteiger partial charge in [-0.3, -0.25) is 4.79 Å². The molecule has 0 saturated carbocycles. The fourth-order valence-corrected chi connectivity index (χ4v) is 2.80. The summed E-state index contributed by atoms with van der Waals surface area (Å²) < 4.78 is 0.937. The Morgan fingerprint density at radius 2 is 2.25 bits per heavy atom. The Hall–Kier alpha value is -1.61. The van der Waals surface area contributed by atoms with Crippen molar-refractivity contribution in [1.82, 2.24) is 0 Å². The Labute approximate surface area is 130 Å². The Morgan fingerprint density at radius 3 is 2.85 bits per heavy atom. The molecule has 0 aliphatic heterocycles. The zero-order valence-corrected chi connectivity index (χ0v) is 13.3. The van der Waals surface area contributed by atoms with E-state index in [0.717, 1.165) is 20.6 Å². The quantitative estimate of drug-likeness (QED) is 0.817. The molecule has 3 nitrogen and oxygen atoms in total. The van der Waals surface area contributed by atoms with Crippen LogP contribution in [0, 0.1) is 18.8 Å². The van der Waals surface area contributed by atoms with E-state index in [1.165, 1.54) is 11.3 Å². The van der Waals surface area contributed by atoms with Gasteiger partial charge in [-0.15, -0.1) is 11.3 Å². The molecule has 0 saturated heterocycles. The maximum atomic E-state index is 12.1. The molecule has 0 unspecified atom stereocenters. The number of nitrogens with one attached hydrogen (secondary N) is 1. The SMILES string of the molecule is Cc1cc(C#CCN)ccc1NC(=O)c1csc(Br)c1. The zero-order chi connectivity index (χ0) is 14.5. The third-order valence-electron chi connectivity index (χ3n) is 2.64. The van der Waals surface area contributed by atoms with Gasteiger partial charge in [0, 0.05) is 16.6 Å². The molecule has 0 bridgehead atoms. The average molecular weight is 349 g/mol. The second kappa shape index (κ2) is 6.71. The number of benzene rings is 1. The molecule has 1 aromatic heterocycles. The number of thiophene rings is 1. The van der Waals surface area contributed by atoms with Crippen molar-refractivity contribution in [2.24, 2.45) is 5.73 Å². The Balaban J connectivity index is 2.16. The van der Waals surface area contributed by atoms with Crippen molar-refractivity contribution in [3.63, 3.8) is 0 Å². The number of aryl methyl sites for hydroxylation is 1. The highest BCUT2D eigenvalue weighted by molar-refractivity contribution is 9.11. The highest BCUT2D eigenvalue weighted by Crippen LogP contribution is 2.22. The first-order valence-electron chi connectivity index (χ1n) is 5.95. The largest absolute Gasteiger partial charge is 0.322 e. The van der Waals surface area contributed by atoms with Gasteiger partial charge in [-0.1, -0.05) is 11.8 Å². The van der Waals surface area contributed by atoms with Gasteiger partial charge in [0.1, 0.15) is 0 Å². The smallest absolute Gasteiger partial charge is 0.256 e. The van der Waals surface area contributed by atoms with Crippen LogP contribution < -0.4 is 11.1 Å². The molecule has 0 aliphatic carbocycles. The summed E-state index contributed by atoms with van der Waals surface area (Å²) in [5, 5.41) is 4.71. The van der Waals surface area contributed by atoms with Gasteiger partial charge >= 0.3 is 0 Å². The molecule has 102 valence electrons. The van der Waals surface area contributed by atoms with Gasteiger partial charge in [-0.05, 0) is 52.7 Å². The van der Waals surface area contributed by atoms with Crippen LogP contribution in [0.15, 0.2) is 33.4 Å². The van der Waals surface area contributed by atoms with Gasteiger partial charge in [0.2, 0.25) is 0 Å². The first-order chi connectivity index (χ1) is 9.60. The van der Waals surface area contributed by atoms with Crippen molar-refractivity contribution in [2.75, 3.05) is 11.9 Å². The minimum atomic E-state index is -0.115. The molecule has 0 fully saturated rings. The van der Waals surface area contributed by atoms with Gasteiger partial charge in [0.05, 0.1) is 15.9 Å². The Bertz CT molecular complexity index is 697. The number of amides is 1. The maximum absolute atomic E-state index is 12.1. The number of carbonyl (C=O) groups is 1. The third kappa shape index (κ3) is 3.70. The first kappa shape index (κ1) is 14.8. The molecule has 3 N–H and O–H groups in total. The highest BCUT2D eigenvalue weighted by atomic mass is 79.9. The summed E-state index contributed by atoms with van der Waals surface area (Å²) in [6.45, 7) is 2.28. The predicted molar refractivity (Wildman–Crippen MR) is 87.1 cm³/mol. The zero-order valence-electron chi connectivity index (χ0n) is 10.9. The van der Waals surface area contributed by atoms with Gasteiger partial charge in [-0.2, -0.15) is 0 Å².